The Hall–Kier alpha value is -0.423. The molecule has 1 aromatic carbocycles. The molecule has 0 aliphatic heterocycles. The lowest BCUT2D eigenvalue weighted by molar-refractivity contribution is 0.103. The first-order valence-corrected chi connectivity index (χ1v) is 9.61. The summed E-state index contributed by atoms with van der Waals surface area (Å²) in [5.74, 6) is -0.463. The number of benzene rings is 1. The normalized spacial score (nSPS) is 14.5. The quantitative estimate of drug-likeness (QED) is 0.828. The van der Waals surface area contributed by atoms with Gasteiger partial charge in [-0.3, -0.25) is 0 Å². The van der Waals surface area contributed by atoms with Gasteiger partial charge in [0.15, 0.2) is 8.32 Å². The fourth-order valence-electron chi connectivity index (χ4n) is 1.46. The summed E-state index contributed by atoms with van der Waals surface area (Å²) in [6, 6.07) is 4.43. The molecule has 108 valence electrons. The zero-order chi connectivity index (χ0) is 14.8. The van der Waals surface area contributed by atoms with E-state index < -0.39 is 20.2 Å². The van der Waals surface area contributed by atoms with E-state index in [1.807, 2.05) is 0 Å². The van der Waals surface area contributed by atoms with Crippen molar-refractivity contribution >= 4 is 19.9 Å². The van der Waals surface area contributed by atoms with E-state index in [0.717, 1.165) is 0 Å². The lowest BCUT2D eigenvalue weighted by Crippen LogP contribution is -2.42. The molecular weight excluding hydrogens is 283 g/mol. The minimum absolute atomic E-state index is 0.0459. The van der Waals surface area contributed by atoms with Gasteiger partial charge in [0.25, 0.3) is 0 Å². The van der Waals surface area contributed by atoms with Gasteiger partial charge in [-0.15, -0.1) is 0 Å². The number of hydrogen-bond donors (Lipinski definition) is 1. The first-order chi connectivity index (χ1) is 8.58. The third-order valence-corrected chi connectivity index (χ3v) is 8.50. The highest BCUT2D eigenvalue weighted by Crippen LogP contribution is 2.39. The van der Waals surface area contributed by atoms with Crippen molar-refractivity contribution in [2.45, 2.75) is 45.0 Å². The molecular formula is C14H22ClFO2Si. The summed E-state index contributed by atoms with van der Waals surface area (Å²) in [4.78, 5) is 0. The summed E-state index contributed by atoms with van der Waals surface area (Å²) < 4.78 is 19.3. The maximum atomic E-state index is 13.2. The second kappa shape index (κ2) is 5.91. The molecule has 0 aliphatic carbocycles. The van der Waals surface area contributed by atoms with Crippen molar-refractivity contribution < 1.29 is 13.9 Å². The number of aliphatic hydroxyl groups excluding tert-OH is 1. The van der Waals surface area contributed by atoms with Crippen LogP contribution in [-0.4, -0.2) is 20.0 Å². The number of hydrogen-bond acceptors (Lipinski definition) is 2. The van der Waals surface area contributed by atoms with Crippen LogP contribution in [0.5, 0.6) is 0 Å². The lowest BCUT2D eigenvalue weighted by Gasteiger charge is -2.39. The molecule has 0 radical (unpaired) electrons. The van der Waals surface area contributed by atoms with Crippen LogP contribution in [-0.2, 0) is 4.43 Å². The average Bonchev–Trinajstić information content (AvgIpc) is 2.28. The third-order valence-electron chi connectivity index (χ3n) is 3.72. The van der Waals surface area contributed by atoms with Crippen LogP contribution in [0.4, 0.5) is 4.39 Å². The van der Waals surface area contributed by atoms with Crippen molar-refractivity contribution in [3.05, 3.63) is 34.6 Å². The second-order valence-electron chi connectivity index (χ2n) is 6.22. The minimum Gasteiger partial charge on any atom is -0.408 e. The van der Waals surface area contributed by atoms with Gasteiger partial charge in [-0.1, -0.05) is 38.4 Å². The van der Waals surface area contributed by atoms with Gasteiger partial charge in [0, 0.05) is 0 Å². The smallest absolute Gasteiger partial charge is 0.193 e. The van der Waals surface area contributed by atoms with Crippen molar-refractivity contribution in [3.63, 3.8) is 0 Å². The van der Waals surface area contributed by atoms with Crippen LogP contribution in [0.15, 0.2) is 18.2 Å². The van der Waals surface area contributed by atoms with Crippen LogP contribution in [0.2, 0.25) is 23.2 Å². The van der Waals surface area contributed by atoms with Crippen LogP contribution >= 0.6 is 11.6 Å². The topological polar surface area (TPSA) is 29.5 Å². The van der Waals surface area contributed by atoms with Gasteiger partial charge in [-0.2, -0.15) is 0 Å². The fourth-order valence-corrected chi connectivity index (χ4v) is 2.92. The molecule has 0 fully saturated rings. The summed E-state index contributed by atoms with van der Waals surface area (Å²) in [7, 11) is -2.00. The Bertz CT molecular complexity index is 444. The Morgan fingerprint density at radius 1 is 1.37 bits per heavy atom. The van der Waals surface area contributed by atoms with Crippen LogP contribution in [0, 0.1) is 5.82 Å². The Kier molecular flexibility index (Phi) is 5.18. The monoisotopic (exact) mass is 304 g/mol. The van der Waals surface area contributed by atoms with E-state index in [-0.39, 0.29) is 16.7 Å². The standard InChI is InChI=1S/C14H22ClFO2Si/c1-14(2,3)19(4,5)18-13(9-17)10-6-7-12(16)11(15)8-10/h6-8,13,17H,9H2,1-5H3/t13-/m0/s1. The number of aliphatic hydroxyl groups is 1. The van der Waals surface area contributed by atoms with E-state index in [0.29, 0.717) is 5.56 Å². The van der Waals surface area contributed by atoms with Crippen molar-refractivity contribution in [2.24, 2.45) is 0 Å². The molecule has 0 bridgehead atoms. The summed E-state index contributed by atoms with van der Waals surface area (Å²) in [5, 5.41) is 9.63. The summed E-state index contributed by atoms with van der Waals surface area (Å²) in [6.45, 7) is 10.5. The van der Waals surface area contributed by atoms with E-state index in [2.05, 4.69) is 33.9 Å². The molecule has 0 saturated heterocycles. The average molecular weight is 305 g/mol. The largest absolute Gasteiger partial charge is 0.408 e. The first-order valence-electron chi connectivity index (χ1n) is 6.32. The maximum Gasteiger partial charge on any atom is 0.193 e. The van der Waals surface area contributed by atoms with Crippen molar-refractivity contribution in [1.29, 1.82) is 0 Å². The molecule has 0 saturated carbocycles. The molecule has 1 aromatic rings. The second-order valence-corrected chi connectivity index (χ2v) is 11.4. The highest BCUT2D eigenvalue weighted by Gasteiger charge is 2.39. The fraction of sp³-hybridized carbons (Fsp3) is 0.571. The molecule has 0 aromatic heterocycles. The van der Waals surface area contributed by atoms with Gasteiger partial charge in [0.2, 0.25) is 0 Å². The van der Waals surface area contributed by atoms with E-state index >= 15 is 0 Å². The van der Waals surface area contributed by atoms with Gasteiger partial charge < -0.3 is 9.53 Å². The molecule has 0 heterocycles. The molecule has 2 nitrogen and oxygen atoms in total. The Morgan fingerprint density at radius 3 is 2.37 bits per heavy atom. The molecule has 5 heteroatoms. The summed E-state index contributed by atoms with van der Waals surface area (Å²) in [5.41, 5.74) is 0.707. The highest BCUT2D eigenvalue weighted by atomic mass is 35.5. The molecule has 1 N–H and O–H groups in total. The SMILES string of the molecule is CC(C)(C)[Si](C)(C)O[C@@H](CO)c1ccc(F)c(Cl)c1. The molecule has 0 aliphatic rings. The van der Waals surface area contributed by atoms with E-state index in [1.54, 1.807) is 6.07 Å². The molecule has 1 rings (SSSR count). The lowest BCUT2D eigenvalue weighted by atomic mass is 10.1. The minimum atomic E-state index is -2.00. The van der Waals surface area contributed by atoms with Crippen molar-refractivity contribution in [2.75, 3.05) is 6.61 Å². The number of halogens is 2. The van der Waals surface area contributed by atoms with Gasteiger partial charge in [0.1, 0.15) is 5.82 Å². The van der Waals surface area contributed by atoms with Crippen molar-refractivity contribution in [1.82, 2.24) is 0 Å². The predicted molar refractivity (Wildman–Crippen MR) is 79.5 cm³/mol. The van der Waals surface area contributed by atoms with Gasteiger partial charge in [-0.05, 0) is 35.8 Å². The Balaban J connectivity index is 2.99. The Morgan fingerprint density at radius 2 is 1.95 bits per heavy atom. The zero-order valence-electron chi connectivity index (χ0n) is 12.1. The molecule has 0 amide bonds. The first kappa shape index (κ1) is 16.6. The molecule has 0 spiro atoms. The van der Waals surface area contributed by atoms with Crippen LogP contribution in [0.25, 0.3) is 0 Å². The molecule has 1 atom stereocenters. The van der Waals surface area contributed by atoms with E-state index in [1.165, 1.54) is 12.1 Å². The van der Waals surface area contributed by atoms with Gasteiger partial charge in [0.05, 0.1) is 17.7 Å². The molecule has 0 unspecified atom stereocenters. The summed E-state index contributed by atoms with van der Waals surface area (Å²) >= 11 is 5.78. The highest BCUT2D eigenvalue weighted by molar-refractivity contribution is 6.74. The summed E-state index contributed by atoms with van der Waals surface area (Å²) in [6.07, 6.45) is -0.459. The number of rotatable bonds is 4. The zero-order valence-corrected chi connectivity index (χ0v) is 13.9. The van der Waals surface area contributed by atoms with E-state index in [4.69, 9.17) is 16.0 Å². The van der Waals surface area contributed by atoms with Crippen LogP contribution in [0.3, 0.4) is 0 Å². The van der Waals surface area contributed by atoms with Crippen LogP contribution < -0.4 is 0 Å². The van der Waals surface area contributed by atoms with Crippen LogP contribution in [0.1, 0.15) is 32.4 Å². The third kappa shape index (κ3) is 4.02. The van der Waals surface area contributed by atoms with E-state index in [9.17, 15) is 9.50 Å². The maximum absolute atomic E-state index is 13.2. The van der Waals surface area contributed by atoms with Gasteiger partial charge in [-0.25, -0.2) is 4.39 Å². The van der Waals surface area contributed by atoms with Gasteiger partial charge >= 0.3 is 0 Å². The predicted octanol–water partition coefficient (Wildman–Crippen LogP) is 4.53. The molecule has 19 heavy (non-hydrogen) atoms. The van der Waals surface area contributed by atoms with Crippen molar-refractivity contribution in [3.8, 4) is 0 Å². The Labute approximate surface area is 120 Å².